The zero-order valence-corrected chi connectivity index (χ0v) is 15.9. The molecule has 3 heterocycles. The summed E-state index contributed by atoms with van der Waals surface area (Å²) >= 11 is 1.68. The zero-order chi connectivity index (χ0) is 18.5. The number of hydrogen-bond acceptors (Lipinski definition) is 4. The van der Waals surface area contributed by atoms with E-state index in [4.69, 9.17) is 4.74 Å². The van der Waals surface area contributed by atoms with Crippen molar-refractivity contribution in [1.29, 1.82) is 0 Å². The van der Waals surface area contributed by atoms with Gasteiger partial charge in [-0.05, 0) is 35.9 Å². The minimum absolute atomic E-state index is 0.00314. The molecule has 1 aliphatic rings. The average molecular weight is 382 g/mol. The molecule has 0 radical (unpaired) electrons. The maximum absolute atomic E-state index is 13.4. The molecule has 1 fully saturated rings. The molecule has 0 aliphatic carbocycles. The number of aromatic nitrogens is 2. The Morgan fingerprint density at radius 3 is 2.67 bits per heavy atom. The first-order valence-electron chi connectivity index (χ1n) is 9.24. The van der Waals surface area contributed by atoms with Gasteiger partial charge in [0.25, 0.3) is 0 Å². The van der Waals surface area contributed by atoms with Gasteiger partial charge in [0.05, 0.1) is 5.41 Å². The number of nitrogens with one attached hydrogen (secondary N) is 1. The molecule has 0 bridgehead atoms. The molecule has 1 N–H and O–H groups in total. The molecular formula is C21H23N3O2S. The lowest BCUT2D eigenvalue weighted by Gasteiger charge is -2.36. The van der Waals surface area contributed by atoms with Crippen LogP contribution in [0.25, 0.3) is 0 Å². The molecule has 1 saturated heterocycles. The molecule has 27 heavy (non-hydrogen) atoms. The van der Waals surface area contributed by atoms with E-state index in [1.807, 2.05) is 41.2 Å². The van der Waals surface area contributed by atoms with Crippen molar-refractivity contribution >= 4 is 17.2 Å². The molecule has 1 aliphatic heterocycles. The SMILES string of the molecule is O=C(NC[C@H](c1cccs1)n1cccn1)C1(c2ccccc2)CCOCC1. The van der Waals surface area contributed by atoms with Gasteiger partial charge < -0.3 is 10.1 Å². The van der Waals surface area contributed by atoms with Crippen LogP contribution in [0.2, 0.25) is 0 Å². The van der Waals surface area contributed by atoms with Crippen LogP contribution in [0.15, 0.2) is 66.3 Å². The summed E-state index contributed by atoms with van der Waals surface area (Å²) in [5.74, 6) is 0.0747. The maximum Gasteiger partial charge on any atom is 0.230 e. The second-order valence-electron chi connectivity index (χ2n) is 6.79. The molecule has 4 rings (SSSR count). The van der Waals surface area contributed by atoms with Gasteiger partial charge in [0, 0.05) is 37.0 Å². The molecule has 1 atom stereocenters. The highest BCUT2D eigenvalue weighted by molar-refractivity contribution is 7.10. The number of hydrogen-bond donors (Lipinski definition) is 1. The summed E-state index contributed by atoms with van der Waals surface area (Å²) in [4.78, 5) is 14.6. The summed E-state index contributed by atoms with van der Waals surface area (Å²) in [6.45, 7) is 1.72. The lowest BCUT2D eigenvalue weighted by molar-refractivity contribution is -0.130. The predicted molar refractivity (Wildman–Crippen MR) is 106 cm³/mol. The van der Waals surface area contributed by atoms with Crippen molar-refractivity contribution < 1.29 is 9.53 Å². The summed E-state index contributed by atoms with van der Waals surface area (Å²) in [5, 5.41) is 9.66. The molecule has 2 aromatic heterocycles. The second-order valence-corrected chi connectivity index (χ2v) is 7.77. The zero-order valence-electron chi connectivity index (χ0n) is 15.1. The van der Waals surface area contributed by atoms with Gasteiger partial charge in [0.15, 0.2) is 0 Å². The van der Waals surface area contributed by atoms with Gasteiger partial charge in [0.1, 0.15) is 6.04 Å². The largest absolute Gasteiger partial charge is 0.381 e. The predicted octanol–water partition coefficient (Wildman–Crippen LogP) is 3.40. The first kappa shape index (κ1) is 17.9. The molecule has 1 aromatic carbocycles. The summed E-state index contributed by atoms with van der Waals surface area (Å²) in [6, 6.07) is 16.1. The first-order chi connectivity index (χ1) is 13.3. The van der Waals surface area contributed by atoms with E-state index in [0.29, 0.717) is 32.6 Å². The first-order valence-corrected chi connectivity index (χ1v) is 10.1. The van der Waals surface area contributed by atoms with Crippen LogP contribution in [0.1, 0.15) is 29.3 Å². The second kappa shape index (κ2) is 8.06. The lowest BCUT2D eigenvalue weighted by atomic mass is 9.73. The summed E-state index contributed by atoms with van der Waals surface area (Å²) < 4.78 is 7.46. The van der Waals surface area contributed by atoms with Crippen molar-refractivity contribution in [2.75, 3.05) is 19.8 Å². The lowest BCUT2D eigenvalue weighted by Crippen LogP contribution is -2.49. The van der Waals surface area contributed by atoms with Crippen molar-refractivity contribution in [3.8, 4) is 0 Å². The Labute approximate surface area is 163 Å². The Hall–Kier alpha value is -2.44. The minimum atomic E-state index is -0.524. The van der Waals surface area contributed by atoms with Crippen LogP contribution in [0, 0.1) is 0 Å². The van der Waals surface area contributed by atoms with Gasteiger partial charge in [-0.1, -0.05) is 36.4 Å². The Bertz CT molecular complexity index is 807. The number of carbonyl (C=O) groups is 1. The molecule has 140 valence electrons. The van der Waals surface area contributed by atoms with Gasteiger partial charge in [0.2, 0.25) is 5.91 Å². The third-order valence-electron chi connectivity index (χ3n) is 5.28. The van der Waals surface area contributed by atoms with Crippen LogP contribution in [-0.4, -0.2) is 35.4 Å². The van der Waals surface area contributed by atoms with Crippen molar-refractivity contribution in [3.05, 3.63) is 76.7 Å². The third-order valence-corrected chi connectivity index (χ3v) is 6.25. The van der Waals surface area contributed by atoms with E-state index in [1.165, 1.54) is 4.88 Å². The fourth-order valence-electron chi connectivity index (χ4n) is 3.75. The normalized spacial score (nSPS) is 17.3. The van der Waals surface area contributed by atoms with Crippen molar-refractivity contribution in [2.45, 2.75) is 24.3 Å². The van der Waals surface area contributed by atoms with Gasteiger partial charge in [-0.15, -0.1) is 11.3 Å². The monoisotopic (exact) mass is 381 g/mol. The molecule has 6 heteroatoms. The van der Waals surface area contributed by atoms with Crippen LogP contribution in [0.3, 0.4) is 0 Å². The summed E-state index contributed by atoms with van der Waals surface area (Å²) in [5.41, 5.74) is 0.543. The number of rotatable bonds is 6. The fourth-order valence-corrected chi connectivity index (χ4v) is 4.57. The molecular weight excluding hydrogens is 358 g/mol. The number of amides is 1. The van der Waals surface area contributed by atoms with E-state index in [-0.39, 0.29) is 11.9 Å². The van der Waals surface area contributed by atoms with E-state index in [2.05, 4.69) is 34.0 Å². The average Bonchev–Trinajstić information content (AvgIpc) is 3.44. The van der Waals surface area contributed by atoms with Crippen LogP contribution < -0.4 is 5.32 Å². The molecule has 3 aromatic rings. The van der Waals surface area contributed by atoms with Gasteiger partial charge >= 0.3 is 0 Å². The minimum Gasteiger partial charge on any atom is -0.381 e. The maximum atomic E-state index is 13.4. The number of carbonyl (C=O) groups excluding carboxylic acids is 1. The summed E-state index contributed by atoms with van der Waals surface area (Å²) in [6.07, 6.45) is 5.12. The quantitative estimate of drug-likeness (QED) is 0.712. The van der Waals surface area contributed by atoms with E-state index in [9.17, 15) is 4.79 Å². The van der Waals surface area contributed by atoms with Crippen LogP contribution >= 0.6 is 11.3 Å². The highest BCUT2D eigenvalue weighted by Crippen LogP contribution is 2.35. The third kappa shape index (κ3) is 3.68. The molecule has 0 unspecified atom stereocenters. The van der Waals surface area contributed by atoms with Gasteiger partial charge in [-0.25, -0.2) is 0 Å². The van der Waals surface area contributed by atoms with Crippen molar-refractivity contribution in [2.24, 2.45) is 0 Å². The molecule has 0 saturated carbocycles. The van der Waals surface area contributed by atoms with Gasteiger partial charge in [-0.2, -0.15) is 5.10 Å². The van der Waals surface area contributed by atoms with E-state index in [1.54, 1.807) is 17.5 Å². The Morgan fingerprint density at radius 1 is 1.19 bits per heavy atom. The Kier molecular flexibility index (Phi) is 5.36. The number of benzene rings is 1. The van der Waals surface area contributed by atoms with Gasteiger partial charge in [-0.3, -0.25) is 9.48 Å². The number of thiophene rings is 1. The van der Waals surface area contributed by atoms with E-state index >= 15 is 0 Å². The highest BCUT2D eigenvalue weighted by atomic mass is 32.1. The van der Waals surface area contributed by atoms with E-state index < -0.39 is 5.41 Å². The van der Waals surface area contributed by atoms with Crippen LogP contribution in [0.5, 0.6) is 0 Å². The van der Waals surface area contributed by atoms with Crippen molar-refractivity contribution in [3.63, 3.8) is 0 Å². The Balaban J connectivity index is 1.56. The topological polar surface area (TPSA) is 56.2 Å². The number of ether oxygens (including phenoxy) is 1. The van der Waals surface area contributed by atoms with Crippen LogP contribution in [0.4, 0.5) is 0 Å². The smallest absolute Gasteiger partial charge is 0.230 e. The molecule has 0 spiro atoms. The van der Waals surface area contributed by atoms with Crippen molar-refractivity contribution in [1.82, 2.24) is 15.1 Å². The van der Waals surface area contributed by atoms with Crippen LogP contribution in [-0.2, 0) is 14.9 Å². The standard InChI is InChI=1S/C21H23N3O2S/c25-20(21(9-13-26-14-10-21)17-6-2-1-3-7-17)22-16-18(19-8-4-15-27-19)24-12-5-11-23-24/h1-8,11-12,15,18H,9-10,13-14,16H2,(H,22,25)/t18-/m1/s1. The Morgan fingerprint density at radius 2 is 2.00 bits per heavy atom. The van der Waals surface area contributed by atoms with E-state index in [0.717, 1.165) is 5.56 Å². The summed E-state index contributed by atoms with van der Waals surface area (Å²) in [7, 11) is 0. The highest BCUT2D eigenvalue weighted by Gasteiger charge is 2.41. The number of nitrogens with zero attached hydrogens (tertiary/aromatic N) is 2. The molecule has 1 amide bonds. The molecule has 5 nitrogen and oxygen atoms in total. The fraction of sp³-hybridized carbons (Fsp3) is 0.333.